The molecule has 2 nitrogen and oxygen atoms in total. The maximum absolute atomic E-state index is 11.8. The van der Waals surface area contributed by atoms with Gasteiger partial charge in [0.05, 0.1) is 0 Å². The Hall–Kier alpha value is -0.240. The van der Waals surface area contributed by atoms with E-state index in [1.165, 1.54) is 19.3 Å². The van der Waals surface area contributed by atoms with Crippen molar-refractivity contribution < 1.29 is 4.79 Å². The number of alkyl halides is 1. The molecule has 2 aliphatic rings. The zero-order valence-corrected chi connectivity index (χ0v) is 8.76. The van der Waals surface area contributed by atoms with Crippen LogP contribution in [0.15, 0.2) is 0 Å². The first-order chi connectivity index (χ1) is 6.25. The summed E-state index contributed by atoms with van der Waals surface area (Å²) in [7, 11) is 1.86. The number of carbonyl (C=O) groups is 1. The van der Waals surface area contributed by atoms with Crippen LogP contribution in [0, 0.1) is 17.8 Å². The van der Waals surface area contributed by atoms with E-state index >= 15 is 0 Å². The Labute approximate surface area is 84.2 Å². The average Bonchev–Trinajstić information content (AvgIpc) is 2.58. The molecule has 0 bridgehead atoms. The van der Waals surface area contributed by atoms with Crippen molar-refractivity contribution in [3.05, 3.63) is 0 Å². The minimum absolute atomic E-state index is 0.329. The summed E-state index contributed by atoms with van der Waals surface area (Å²) in [6.45, 7) is 0.691. The summed E-state index contributed by atoms with van der Waals surface area (Å²) in [4.78, 5) is 13.6. The monoisotopic (exact) mass is 201 g/mol. The fourth-order valence-corrected chi connectivity index (χ4v) is 2.93. The molecule has 2 rings (SSSR count). The van der Waals surface area contributed by atoms with Crippen LogP contribution in [-0.4, -0.2) is 30.3 Å². The first-order valence-electron chi connectivity index (χ1n) is 5.06. The normalized spacial score (nSPS) is 35.7. The Morgan fingerprint density at radius 1 is 1.46 bits per heavy atom. The zero-order chi connectivity index (χ0) is 9.42. The Kier molecular flexibility index (Phi) is 2.50. The second kappa shape index (κ2) is 3.49. The van der Waals surface area contributed by atoms with Gasteiger partial charge in [0, 0.05) is 25.4 Å². The molecule has 0 aromatic rings. The minimum Gasteiger partial charge on any atom is -0.344 e. The fourth-order valence-electron chi connectivity index (χ4n) is 2.68. The summed E-state index contributed by atoms with van der Waals surface area (Å²) in [5, 5.41) is 0. The van der Waals surface area contributed by atoms with E-state index in [1.807, 2.05) is 7.05 Å². The number of carbonyl (C=O) groups excluding carboxylic acids is 1. The van der Waals surface area contributed by atoms with Gasteiger partial charge < -0.3 is 4.90 Å². The lowest BCUT2D eigenvalue weighted by Gasteiger charge is -2.16. The third-order valence-electron chi connectivity index (χ3n) is 3.49. The van der Waals surface area contributed by atoms with Crippen LogP contribution in [0.4, 0.5) is 0 Å². The Bertz CT molecular complexity index is 209. The lowest BCUT2D eigenvalue weighted by Crippen LogP contribution is -2.31. The maximum atomic E-state index is 11.8. The number of halogens is 1. The molecule has 3 heteroatoms. The van der Waals surface area contributed by atoms with Gasteiger partial charge in [0.15, 0.2) is 0 Å². The number of rotatable bonds is 3. The number of fused-ring (bicyclic) bond motifs is 1. The van der Waals surface area contributed by atoms with Crippen LogP contribution in [0.2, 0.25) is 0 Å². The molecule has 1 amide bonds. The average molecular weight is 202 g/mol. The van der Waals surface area contributed by atoms with Gasteiger partial charge in [-0.15, -0.1) is 11.6 Å². The van der Waals surface area contributed by atoms with Gasteiger partial charge in [-0.3, -0.25) is 4.79 Å². The highest BCUT2D eigenvalue weighted by atomic mass is 35.5. The van der Waals surface area contributed by atoms with Crippen LogP contribution in [0.1, 0.15) is 19.3 Å². The van der Waals surface area contributed by atoms with Crippen molar-refractivity contribution in [3.8, 4) is 0 Å². The Balaban J connectivity index is 1.85. The molecular formula is C10H16ClNO. The first kappa shape index (κ1) is 9.32. The number of amides is 1. The highest BCUT2D eigenvalue weighted by molar-refractivity contribution is 6.18. The summed E-state index contributed by atoms with van der Waals surface area (Å²) < 4.78 is 0. The van der Waals surface area contributed by atoms with E-state index in [4.69, 9.17) is 11.6 Å². The van der Waals surface area contributed by atoms with E-state index in [0.29, 0.717) is 24.2 Å². The number of nitrogens with zero attached hydrogens (tertiary/aromatic N) is 1. The van der Waals surface area contributed by atoms with E-state index in [-0.39, 0.29) is 0 Å². The molecule has 13 heavy (non-hydrogen) atoms. The Morgan fingerprint density at radius 3 is 2.62 bits per heavy atom. The standard InChI is InChI=1S/C10H16ClNO/c1-12(6-5-11)10(13)9-7-3-2-4-8(7)9/h7-9H,2-6H2,1H3. The van der Waals surface area contributed by atoms with Crippen molar-refractivity contribution in [1.29, 1.82) is 0 Å². The summed E-state index contributed by atoms with van der Waals surface area (Å²) in [6.07, 6.45) is 3.88. The van der Waals surface area contributed by atoms with Gasteiger partial charge in [-0.1, -0.05) is 6.42 Å². The SMILES string of the molecule is CN(CCCl)C(=O)C1C2CCCC21. The molecule has 2 aliphatic carbocycles. The molecule has 74 valence electrons. The molecule has 2 atom stereocenters. The lowest BCUT2D eigenvalue weighted by atomic mass is 10.1. The first-order valence-corrected chi connectivity index (χ1v) is 5.60. The van der Waals surface area contributed by atoms with E-state index in [9.17, 15) is 4.79 Å². The van der Waals surface area contributed by atoms with Crippen LogP contribution >= 0.6 is 11.6 Å². The summed E-state index contributed by atoms with van der Waals surface area (Å²) in [5.74, 6) is 2.69. The predicted octanol–water partition coefficient (Wildman–Crippen LogP) is 1.73. The van der Waals surface area contributed by atoms with Gasteiger partial charge in [-0.25, -0.2) is 0 Å². The van der Waals surface area contributed by atoms with Gasteiger partial charge in [0.1, 0.15) is 0 Å². The van der Waals surface area contributed by atoms with Crippen LogP contribution in [0.5, 0.6) is 0 Å². The van der Waals surface area contributed by atoms with Gasteiger partial charge in [0.2, 0.25) is 5.91 Å². The van der Waals surface area contributed by atoms with Crippen LogP contribution in [0.3, 0.4) is 0 Å². The van der Waals surface area contributed by atoms with Gasteiger partial charge in [0.25, 0.3) is 0 Å². The number of hydrogen-bond donors (Lipinski definition) is 0. The molecule has 2 saturated carbocycles. The molecule has 0 aromatic heterocycles. The molecule has 0 heterocycles. The quantitative estimate of drug-likeness (QED) is 0.637. The third kappa shape index (κ3) is 1.56. The van der Waals surface area contributed by atoms with Crippen molar-refractivity contribution >= 4 is 17.5 Å². The molecule has 0 spiro atoms. The van der Waals surface area contributed by atoms with Crippen LogP contribution in [0.25, 0.3) is 0 Å². The zero-order valence-electron chi connectivity index (χ0n) is 8.00. The largest absolute Gasteiger partial charge is 0.344 e. The molecule has 2 unspecified atom stereocenters. The Morgan fingerprint density at radius 2 is 2.08 bits per heavy atom. The van der Waals surface area contributed by atoms with Crippen LogP contribution in [-0.2, 0) is 4.79 Å². The second-order valence-electron chi connectivity index (χ2n) is 4.23. The van der Waals surface area contributed by atoms with Gasteiger partial charge >= 0.3 is 0 Å². The second-order valence-corrected chi connectivity index (χ2v) is 4.61. The fraction of sp³-hybridized carbons (Fsp3) is 0.900. The van der Waals surface area contributed by atoms with Crippen molar-refractivity contribution in [2.45, 2.75) is 19.3 Å². The molecular weight excluding hydrogens is 186 g/mol. The molecule has 0 N–H and O–H groups in total. The predicted molar refractivity (Wildman–Crippen MR) is 52.7 cm³/mol. The third-order valence-corrected chi connectivity index (χ3v) is 3.66. The maximum Gasteiger partial charge on any atom is 0.226 e. The minimum atomic E-state index is 0.329. The highest BCUT2D eigenvalue weighted by Crippen LogP contribution is 2.57. The smallest absolute Gasteiger partial charge is 0.226 e. The summed E-state index contributed by atoms with van der Waals surface area (Å²) in [6, 6.07) is 0. The number of hydrogen-bond acceptors (Lipinski definition) is 1. The molecule has 2 fully saturated rings. The van der Waals surface area contributed by atoms with E-state index in [2.05, 4.69) is 0 Å². The van der Waals surface area contributed by atoms with Gasteiger partial charge in [-0.05, 0) is 24.7 Å². The van der Waals surface area contributed by atoms with E-state index in [1.54, 1.807) is 4.90 Å². The highest BCUT2D eigenvalue weighted by Gasteiger charge is 2.57. The topological polar surface area (TPSA) is 20.3 Å². The molecule has 0 radical (unpaired) electrons. The molecule has 0 saturated heterocycles. The molecule has 0 aliphatic heterocycles. The van der Waals surface area contributed by atoms with Gasteiger partial charge in [-0.2, -0.15) is 0 Å². The van der Waals surface area contributed by atoms with E-state index < -0.39 is 0 Å². The van der Waals surface area contributed by atoms with Crippen LogP contribution < -0.4 is 0 Å². The lowest BCUT2D eigenvalue weighted by molar-refractivity contribution is -0.131. The summed E-state index contributed by atoms with van der Waals surface area (Å²) >= 11 is 5.59. The molecule has 0 aromatic carbocycles. The van der Waals surface area contributed by atoms with Crippen molar-refractivity contribution in [1.82, 2.24) is 4.90 Å². The van der Waals surface area contributed by atoms with E-state index in [0.717, 1.165) is 11.8 Å². The van der Waals surface area contributed by atoms with Crippen molar-refractivity contribution in [3.63, 3.8) is 0 Å². The summed E-state index contributed by atoms with van der Waals surface area (Å²) in [5.41, 5.74) is 0. The van der Waals surface area contributed by atoms with Crippen molar-refractivity contribution in [2.24, 2.45) is 17.8 Å². The van der Waals surface area contributed by atoms with Crippen molar-refractivity contribution in [2.75, 3.05) is 19.5 Å².